The van der Waals surface area contributed by atoms with E-state index >= 15 is 0 Å². The van der Waals surface area contributed by atoms with Gasteiger partial charge in [-0.1, -0.05) is 41.5 Å². The first-order chi connectivity index (χ1) is 7.92. The van der Waals surface area contributed by atoms with Crippen LogP contribution >= 0.6 is 0 Å². The maximum Gasteiger partial charge on any atom is 0.0774 e. The Hall–Kier alpha value is -2.32. The highest BCUT2D eigenvalue weighted by Crippen LogP contribution is 2.16. The minimum Gasteiger partial charge on any atom is -0.256 e. The molecule has 0 fully saturated rings. The SMILES string of the molecule is [N-]=[N+]=NCC=Cc1cccc2cccnc12. The molecule has 0 spiro atoms. The first kappa shape index (κ1) is 10.2. The van der Waals surface area contributed by atoms with Crippen molar-refractivity contribution in [3.8, 4) is 0 Å². The van der Waals surface area contributed by atoms with Crippen molar-refractivity contribution in [3.05, 3.63) is 58.6 Å². The summed E-state index contributed by atoms with van der Waals surface area (Å²) in [6.07, 6.45) is 5.51. The smallest absolute Gasteiger partial charge is 0.0774 e. The summed E-state index contributed by atoms with van der Waals surface area (Å²) in [5.74, 6) is 0. The van der Waals surface area contributed by atoms with Crippen LogP contribution in [0, 0.1) is 0 Å². The number of aromatic nitrogens is 1. The van der Waals surface area contributed by atoms with E-state index in [2.05, 4.69) is 15.0 Å². The number of rotatable bonds is 3. The molecular weight excluding hydrogens is 200 g/mol. The normalized spacial score (nSPS) is 10.5. The molecular formula is C12H10N4. The maximum atomic E-state index is 8.15. The quantitative estimate of drug-likeness (QED) is 0.434. The van der Waals surface area contributed by atoms with Crippen molar-refractivity contribution in [2.24, 2.45) is 5.11 Å². The zero-order valence-electron chi connectivity index (χ0n) is 8.61. The molecule has 0 aliphatic carbocycles. The molecule has 1 aromatic carbocycles. The Labute approximate surface area is 92.9 Å². The fourth-order valence-corrected chi connectivity index (χ4v) is 1.53. The topological polar surface area (TPSA) is 61.7 Å². The summed E-state index contributed by atoms with van der Waals surface area (Å²) in [5, 5.41) is 4.55. The van der Waals surface area contributed by atoms with E-state index < -0.39 is 0 Å². The summed E-state index contributed by atoms with van der Waals surface area (Å²) in [5.41, 5.74) is 10.1. The summed E-state index contributed by atoms with van der Waals surface area (Å²) in [6.45, 7) is 0.361. The molecule has 4 heteroatoms. The molecule has 0 aliphatic heterocycles. The van der Waals surface area contributed by atoms with Crippen LogP contribution in [-0.4, -0.2) is 11.5 Å². The van der Waals surface area contributed by atoms with Crippen molar-refractivity contribution in [3.63, 3.8) is 0 Å². The second-order valence-corrected chi connectivity index (χ2v) is 3.24. The highest BCUT2D eigenvalue weighted by Gasteiger charge is 1.96. The second-order valence-electron chi connectivity index (χ2n) is 3.24. The van der Waals surface area contributed by atoms with Crippen molar-refractivity contribution >= 4 is 17.0 Å². The largest absolute Gasteiger partial charge is 0.256 e. The van der Waals surface area contributed by atoms with Crippen LogP contribution < -0.4 is 0 Å². The Kier molecular flexibility index (Phi) is 3.16. The molecule has 16 heavy (non-hydrogen) atoms. The van der Waals surface area contributed by atoms with Crippen LogP contribution in [0.25, 0.3) is 27.4 Å². The summed E-state index contributed by atoms with van der Waals surface area (Å²) >= 11 is 0. The van der Waals surface area contributed by atoms with Crippen LogP contribution in [0.15, 0.2) is 47.7 Å². The van der Waals surface area contributed by atoms with E-state index in [1.165, 1.54) is 0 Å². The molecule has 0 atom stereocenters. The van der Waals surface area contributed by atoms with Gasteiger partial charge in [-0.3, -0.25) is 4.98 Å². The van der Waals surface area contributed by atoms with Crippen LogP contribution in [0.5, 0.6) is 0 Å². The lowest BCUT2D eigenvalue weighted by Gasteiger charge is -1.99. The van der Waals surface area contributed by atoms with Crippen LogP contribution in [0.4, 0.5) is 0 Å². The van der Waals surface area contributed by atoms with Gasteiger partial charge < -0.3 is 0 Å². The molecule has 0 radical (unpaired) electrons. The summed E-state index contributed by atoms with van der Waals surface area (Å²) < 4.78 is 0. The number of pyridine rings is 1. The van der Waals surface area contributed by atoms with Gasteiger partial charge in [0.15, 0.2) is 0 Å². The van der Waals surface area contributed by atoms with Crippen molar-refractivity contribution < 1.29 is 0 Å². The Balaban J connectivity index is 2.37. The van der Waals surface area contributed by atoms with E-state index in [4.69, 9.17) is 5.53 Å². The number of hydrogen-bond donors (Lipinski definition) is 0. The molecule has 0 saturated heterocycles. The molecule has 1 heterocycles. The third-order valence-electron chi connectivity index (χ3n) is 2.21. The van der Waals surface area contributed by atoms with Crippen LogP contribution in [0.3, 0.4) is 0 Å². The zero-order chi connectivity index (χ0) is 11.2. The second kappa shape index (κ2) is 4.96. The number of para-hydroxylation sites is 1. The van der Waals surface area contributed by atoms with E-state index in [1.807, 2.05) is 42.5 Å². The van der Waals surface area contributed by atoms with E-state index in [1.54, 1.807) is 6.20 Å². The predicted molar refractivity (Wildman–Crippen MR) is 64.8 cm³/mol. The minimum absolute atomic E-state index is 0.361. The average Bonchev–Trinajstić information content (AvgIpc) is 2.35. The highest BCUT2D eigenvalue weighted by atomic mass is 15.1. The third kappa shape index (κ3) is 2.19. The molecule has 0 unspecified atom stereocenters. The summed E-state index contributed by atoms with van der Waals surface area (Å²) in [6, 6.07) is 9.93. The average molecular weight is 210 g/mol. The monoisotopic (exact) mass is 210 g/mol. The molecule has 4 nitrogen and oxygen atoms in total. The molecule has 0 bridgehead atoms. The van der Waals surface area contributed by atoms with Gasteiger partial charge in [0, 0.05) is 28.6 Å². The number of benzene rings is 1. The van der Waals surface area contributed by atoms with Crippen LogP contribution in [0.2, 0.25) is 0 Å². The molecule has 2 aromatic rings. The van der Waals surface area contributed by atoms with Gasteiger partial charge in [0.1, 0.15) is 0 Å². The minimum atomic E-state index is 0.361. The number of azide groups is 1. The lowest BCUT2D eigenvalue weighted by molar-refractivity contribution is 1.22. The van der Waals surface area contributed by atoms with Crippen molar-refractivity contribution in [2.45, 2.75) is 0 Å². The van der Waals surface area contributed by atoms with Gasteiger partial charge in [-0.15, -0.1) is 0 Å². The first-order valence-electron chi connectivity index (χ1n) is 4.93. The molecule has 0 N–H and O–H groups in total. The van der Waals surface area contributed by atoms with Gasteiger partial charge in [0.2, 0.25) is 0 Å². The van der Waals surface area contributed by atoms with Crippen molar-refractivity contribution in [2.75, 3.05) is 6.54 Å². The molecule has 78 valence electrons. The van der Waals surface area contributed by atoms with E-state index in [0.29, 0.717) is 6.54 Å². The summed E-state index contributed by atoms with van der Waals surface area (Å²) in [4.78, 5) is 7.01. The molecule has 2 rings (SSSR count). The van der Waals surface area contributed by atoms with E-state index in [0.717, 1.165) is 16.5 Å². The van der Waals surface area contributed by atoms with Gasteiger partial charge >= 0.3 is 0 Å². The van der Waals surface area contributed by atoms with Gasteiger partial charge in [-0.25, -0.2) is 0 Å². The first-order valence-corrected chi connectivity index (χ1v) is 4.93. The number of fused-ring (bicyclic) bond motifs is 1. The lowest BCUT2D eigenvalue weighted by Crippen LogP contribution is -1.82. The van der Waals surface area contributed by atoms with Crippen molar-refractivity contribution in [1.82, 2.24) is 4.98 Å². The fourth-order valence-electron chi connectivity index (χ4n) is 1.53. The summed E-state index contributed by atoms with van der Waals surface area (Å²) in [7, 11) is 0. The van der Waals surface area contributed by atoms with Gasteiger partial charge in [-0.05, 0) is 11.6 Å². The molecule has 0 saturated carbocycles. The van der Waals surface area contributed by atoms with Gasteiger partial charge in [-0.2, -0.15) is 0 Å². The van der Waals surface area contributed by atoms with Crippen molar-refractivity contribution in [1.29, 1.82) is 0 Å². The molecule has 1 aromatic heterocycles. The van der Waals surface area contributed by atoms with E-state index in [9.17, 15) is 0 Å². The lowest BCUT2D eigenvalue weighted by atomic mass is 10.1. The zero-order valence-corrected chi connectivity index (χ0v) is 8.61. The van der Waals surface area contributed by atoms with Crippen LogP contribution in [-0.2, 0) is 0 Å². The van der Waals surface area contributed by atoms with Crippen LogP contribution in [0.1, 0.15) is 5.56 Å². The Morgan fingerprint density at radius 1 is 1.31 bits per heavy atom. The molecule has 0 aliphatic rings. The van der Waals surface area contributed by atoms with Gasteiger partial charge in [0.05, 0.1) is 5.52 Å². The Bertz CT molecular complexity index is 563. The van der Waals surface area contributed by atoms with E-state index in [-0.39, 0.29) is 0 Å². The highest BCUT2D eigenvalue weighted by molar-refractivity contribution is 5.86. The maximum absolute atomic E-state index is 8.15. The number of hydrogen-bond acceptors (Lipinski definition) is 2. The Morgan fingerprint density at radius 3 is 3.06 bits per heavy atom. The fraction of sp³-hybridized carbons (Fsp3) is 0.0833. The van der Waals surface area contributed by atoms with Gasteiger partial charge in [0.25, 0.3) is 0 Å². The standard InChI is InChI=1S/C12H10N4/c13-16-15-9-3-7-11-5-1-4-10-6-2-8-14-12(10)11/h1-8H,9H2. The third-order valence-corrected chi connectivity index (χ3v) is 2.21. The predicted octanol–water partition coefficient (Wildman–Crippen LogP) is 3.56. The Morgan fingerprint density at radius 2 is 2.19 bits per heavy atom. The number of nitrogens with zero attached hydrogens (tertiary/aromatic N) is 4. The molecule has 0 amide bonds.